The van der Waals surface area contributed by atoms with Gasteiger partial charge in [0.05, 0.1) is 16.9 Å². The number of halogens is 2. The predicted octanol–water partition coefficient (Wildman–Crippen LogP) is 4.06. The number of nitrogens with zero attached hydrogens (tertiary/aromatic N) is 1. The lowest BCUT2D eigenvalue weighted by molar-refractivity contribution is 0.102. The highest BCUT2D eigenvalue weighted by atomic mass is 79.9. The third kappa shape index (κ3) is 2.89. The Labute approximate surface area is 118 Å². The van der Waals surface area contributed by atoms with Crippen LogP contribution in [0.1, 0.15) is 15.9 Å². The molecule has 0 aliphatic carbocycles. The van der Waals surface area contributed by atoms with Gasteiger partial charge in [-0.3, -0.25) is 9.78 Å². The van der Waals surface area contributed by atoms with Crippen molar-refractivity contribution in [2.75, 3.05) is 5.32 Å². The van der Waals surface area contributed by atoms with E-state index >= 15 is 0 Å². The molecule has 92 valence electrons. The van der Waals surface area contributed by atoms with Crippen molar-refractivity contribution in [2.24, 2.45) is 0 Å². The van der Waals surface area contributed by atoms with Gasteiger partial charge in [-0.1, -0.05) is 33.6 Å². The van der Waals surface area contributed by atoms with Gasteiger partial charge in [-0.25, -0.2) is 0 Å². The van der Waals surface area contributed by atoms with E-state index in [1.165, 1.54) is 6.20 Å². The van der Waals surface area contributed by atoms with Crippen LogP contribution in [0.3, 0.4) is 0 Å². The smallest absolute Gasteiger partial charge is 0.256 e. The number of aryl methyl sites for hydroxylation is 1. The predicted molar refractivity (Wildman–Crippen MR) is 76.1 cm³/mol. The second-order valence-corrected chi connectivity index (χ2v) is 5.09. The van der Waals surface area contributed by atoms with E-state index in [2.05, 4.69) is 26.2 Å². The first-order valence-corrected chi connectivity index (χ1v) is 6.42. The Kier molecular flexibility index (Phi) is 3.99. The second kappa shape index (κ2) is 5.50. The minimum Gasteiger partial charge on any atom is -0.319 e. The standard InChI is InChI=1S/C13H10BrClN2O/c1-8-2-3-9(14)6-10(8)13(18)17-12-7-16-5-4-11(12)15/h2-7H,1H3,(H,17,18). The molecule has 3 nitrogen and oxygen atoms in total. The van der Waals surface area contributed by atoms with Crippen LogP contribution in [0.4, 0.5) is 5.69 Å². The molecule has 2 aromatic rings. The van der Waals surface area contributed by atoms with Gasteiger partial charge in [0, 0.05) is 16.2 Å². The fourth-order valence-electron chi connectivity index (χ4n) is 1.50. The zero-order valence-electron chi connectivity index (χ0n) is 9.58. The van der Waals surface area contributed by atoms with Gasteiger partial charge in [0.2, 0.25) is 0 Å². The van der Waals surface area contributed by atoms with E-state index in [0.29, 0.717) is 16.3 Å². The number of carbonyl (C=O) groups is 1. The number of anilines is 1. The average Bonchev–Trinajstić information content (AvgIpc) is 2.35. The molecule has 0 saturated heterocycles. The molecule has 0 unspecified atom stereocenters. The maximum atomic E-state index is 12.1. The lowest BCUT2D eigenvalue weighted by Crippen LogP contribution is -2.13. The summed E-state index contributed by atoms with van der Waals surface area (Å²) in [5, 5.41) is 3.20. The van der Waals surface area contributed by atoms with Gasteiger partial charge in [-0.15, -0.1) is 0 Å². The number of hydrogen-bond donors (Lipinski definition) is 1. The SMILES string of the molecule is Cc1ccc(Br)cc1C(=O)Nc1cnccc1Cl. The first kappa shape index (κ1) is 13.1. The van der Waals surface area contributed by atoms with Gasteiger partial charge < -0.3 is 5.32 Å². The molecule has 0 atom stereocenters. The lowest BCUT2D eigenvalue weighted by Gasteiger charge is -2.09. The van der Waals surface area contributed by atoms with Crippen LogP contribution >= 0.6 is 27.5 Å². The number of amides is 1. The van der Waals surface area contributed by atoms with Crippen LogP contribution in [-0.2, 0) is 0 Å². The highest BCUT2D eigenvalue weighted by molar-refractivity contribution is 9.10. The molecule has 1 amide bonds. The summed E-state index contributed by atoms with van der Waals surface area (Å²) in [6, 6.07) is 7.17. The maximum Gasteiger partial charge on any atom is 0.256 e. The highest BCUT2D eigenvalue weighted by Crippen LogP contribution is 2.22. The van der Waals surface area contributed by atoms with Crippen molar-refractivity contribution in [2.45, 2.75) is 6.92 Å². The Morgan fingerprint density at radius 3 is 2.89 bits per heavy atom. The molecule has 1 aromatic carbocycles. The normalized spacial score (nSPS) is 10.2. The maximum absolute atomic E-state index is 12.1. The Balaban J connectivity index is 2.28. The highest BCUT2D eigenvalue weighted by Gasteiger charge is 2.11. The summed E-state index contributed by atoms with van der Waals surface area (Å²) in [6.45, 7) is 1.88. The minimum atomic E-state index is -0.205. The van der Waals surface area contributed by atoms with Crippen molar-refractivity contribution in [3.8, 4) is 0 Å². The molecule has 0 saturated carbocycles. The van der Waals surface area contributed by atoms with Gasteiger partial charge in [-0.05, 0) is 30.7 Å². The number of aromatic nitrogens is 1. The number of hydrogen-bond acceptors (Lipinski definition) is 2. The molecular weight excluding hydrogens is 316 g/mol. The monoisotopic (exact) mass is 324 g/mol. The number of nitrogens with one attached hydrogen (secondary N) is 1. The zero-order valence-corrected chi connectivity index (χ0v) is 11.9. The molecule has 0 spiro atoms. The topological polar surface area (TPSA) is 42.0 Å². The molecule has 18 heavy (non-hydrogen) atoms. The quantitative estimate of drug-likeness (QED) is 0.905. The summed E-state index contributed by atoms with van der Waals surface area (Å²) in [4.78, 5) is 16.0. The number of rotatable bonds is 2. The van der Waals surface area contributed by atoms with Crippen molar-refractivity contribution in [3.05, 3.63) is 57.3 Å². The van der Waals surface area contributed by atoms with Crippen LogP contribution in [0.25, 0.3) is 0 Å². The molecule has 0 aliphatic rings. The molecule has 0 bridgehead atoms. The third-order valence-corrected chi connectivity index (χ3v) is 3.28. The molecule has 5 heteroatoms. The Morgan fingerprint density at radius 1 is 1.39 bits per heavy atom. The number of benzene rings is 1. The molecule has 0 aliphatic heterocycles. The Hall–Kier alpha value is -1.39. The summed E-state index contributed by atoms with van der Waals surface area (Å²) < 4.78 is 0.857. The van der Waals surface area contributed by atoms with Crippen molar-refractivity contribution in [1.82, 2.24) is 4.98 Å². The summed E-state index contributed by atoms with van der Waals surface area (Å²) >= 11 is 9.31. The fourth-order valence-corrected chi connectivity index (χ4v) is 2.01. The minimum absolute atomic E-state index is 0.205. The number of pyridine rings is 1. The molecule has 1 N–H and O–H groups in total. The number of carbonyl (C=O) groups excluding carboxylic acids is 1. The van der Waals surface area contributed by atoms with Gasteiger partial charge in [0.25, 0.3) is 5.91 Å². The van der Waals surface area contributed by atoms with E-state index in [4.69, 9.17) is 11.6 Å². The van der Waals surface area contributed by atoms with E-state index in [1.807, 2.05) is 19.1 Å². The van der Waals surface area contributed by atoms with Gasteiger partial charge in [0.15, 0.2) is 0 Å². The molecule has 1 aromatic heterocycles. The Bertz CT molecular complexity index is 601. The molecule has 2 rings (SSSR count). The third-order valence-electron chi connectivity index (χ3n) is 2.46. The van der Waals surface area contributed by atoms with Crippen LogP contribution in [0.2, 0.25) is 5.02 Å². The van der Waals surface area contributed by atoms with Gasteiger partial charge in [0.1, 0.15) is 0 Å². The first-order chi connectivity index (χ1) is 8.58. The van der Waals surface area contributed by atoms with Crippen LogP contribution < -0.4 is 5.32 Å². The van der Waals surface area contributed by atoms with Crippen LogP contribution in [0, 0.1) is 6.92 Å². The molecule has 1 heterocycles. The molecule has 0 radical (unpaired) electrons. The van der Waals surface area contributed by atoms with Crippen molar-refractivity contribution >= 4 is 39.1 Å². The average molecular weight is 326 g/mol. The molecular formula is C13H10BrClN2O. The lowest BCUT2D eigenvalue weighted by atomic mass is 10.1. The van der Waals surface area contributed by atoms with Crippen LogP contribution in [-0.4, -0.2) is 10.9 Å². The van der Waals surface area contributed by atoms with E-state index in [9.17, 15) is 4.79 Å². The molecule has 0 fully saturated rings. The first-order valence-electron chi connectivity index (χ1n) is 5.25. The van der Waals surface area contributed by atoms with E-state index in [-0.39, 0.29) is 5.91 Å². The summed E-state index contributed by atoms with van der Waals surface area (Å²) in [5.74, 6) is -0.205. The van der Waals surface area contributed by atoms with Crippen molar-refractivity contribution < 1.29 is 4.79 Å². The summed E-state index contributed by atoms with van der Waals surface area (Å²) in [7, 11) is 0. The zero-order chi connectivity index (χ0) is 13.1. The van der Waals surface area contributed by atoms with Gasteiger partial charge in [-0.2, -0.15) is 0 Å². The summed E-state index contributed by atoms with van der Waals surface area (Å²) in [5.41, 5.74) is 2.00. The second-order valence-electron chi connectivity index (χ2n) is 3.77. The van der Waals surface area contributed by atoms with Crippen molar-refractivity contribution in [1.29, 1.82) is 0 Å². The summed E-state index contributed by atoms with van der Waals surface area (Å²) in [6.07, 6.45) is 3.09. The van der Waals surface area contributed by atoms with Crippen LogP contribution in [0.15, 0.2) is 41.1 Å². The van der Waals surface area contributed by atoms with Crippen molar-refractivity contribution in [3.63, 3.8) is 0 Å². The van der Waals surface area contributed by atoms with Gasteiger partial charge >= 0.3 is 0 Å². The Morgan fingerprint density at radius 2 is 2.17 bits per heavy atom. The van der Waals surface area contributed by atoms with E-state index < -0.39 is 0 Å². The van der Waals surface area contributed by atoms with E-state index in [1.54, 1.807) is 18.3 Å². The van der Waals surface area contributed by atoms with Crippen LogP contribution in [0.5, 0.6) is 0 Å². The fraction of sp³-hybridized carbons (Fsp3) is 0.0769. The largest absolute Gasteiger partial charge is 0.319 e. The van der Waals surface area contributed by atoms with E-state index in [0.717, 1.165) is 10.0 Å².